The van der Waals surface area contributed by atoms with Gasteiger partial charge in [0, 0.05) is 26.1 Å². The molecule has 1 aliphatic heterocycles. The molecule has 2 amide bonds. The fourth-order valence-corrected chi connectivity index (χ4v) is 2.99. The quantitative estimate of drug-likeness (QED) is 0.862. The first-order chi connectivity index (χ1) is 12.6. The van der Waals surface area contributed by atoms with Crippen molar-refractivity contribution in [2.24, 2.45) is 0 Å². The van der Waals surface area contributed by atoms with Crippen molar-refractivity contribution in [2.75, 3.05) is 25.2 Å². The van der Waals surface area contributed by atoms with E-state index in [4.69, 9.17) is 4.74 Å². The lowest BCUT2D eigenvalue weighted by Crippen LogP contribution is -2.29. The van der Waals surface area contributed by atoms with E-state index in [1.165, 1.54) is 0 Å². The number of nitrogens with zero attached hydrogens (tertiary/aromatic N) is 1. The van der Waals surface area contributed by atoms with Crippen LogP contribution in [0.25, 0.3) is 12.2 Å². The van der Waals surface area contributed by atoms with Crippen LogP contribution in [0.15, 0.2) is 42.5 Å². The Labute approximate surface area is 153 Å². The second-order valence-electron chi connectivity index (χ2n) is 6.16. The third-order valence-corrected chi connectivity index (χ3v) is 4.38. The number of methoxy groups -OCH3 is 1. The molecule has 0 unspecified atom stereocenters. The minimum atomic E-state index is -0.135. The Morgan fingerprint density at radius 2 is 1.88 bits per heavy atom. The molecule has 0 saturated carbocycles. The summed E-state index contributed by atoms with van der Waals surface area (Å²) in [6, 6.07) is 13.4. The van der Waals surface area contributed by atoms with Gasteiger partial charge in [0.25, 0.3) is 5.91 Å². The first kappa shape index (κ1) is 17.9. The third-order valence-electron chi connectivity index (χ3n) is 4.38. The molecule has 3 rings (SSSR count). The Morgan fingerprint density at radius 1 is 1.12 bits per heavy atom. The summed E-state index contributed by atoms with van der Waals surface area (Å²) >= 11 is 0. The fraction of sp³-hybridized carbons (Fsp3) is 0.238. The average Bonchev–Trinajstić information content (AvgIpc) is 2.63. The number of hydrogen-bond donors (Lipinski definition) is 1. The van der Waals surface area contributed by atoms with Crippen LogP contribution in [0, 0.1) is 0 Å². The van der Waals surface area contributed by atoms with Crippen LogP contribution in [0.4, 0.5) is 5.69 Å². The summed E-state index contributed by atoms with van der Waals surface area (Å²) in [4.78, 5) is 26.2. The molecule has 0 atom stereocenters. The van der Waals surface area contributed by atoms with Gasteiger partial charge in [0.05, 0.1) is 18.8 Å². The highest BCUT2D eigenvalue weighted by atomic mass is 16.5. The van der Waals surface area contributed by atoms with Gasteiger partial charge in [-0.05, 0) is 34.9 Å². The van der Waals surface area contributed by atoms with E-state index in [1.807, 2.05) is 48.6 Å². The zero-order valence-electron chi connectivity index (χ0n) is 15.0. The maximum absolute atomic E-state index is 12.3. The molecular formula is C21H22N2O3. The first-order valence-corrected chi connectivity index (χ1v) is 8.55. The van der Waals surface area contributed by atoms with Gasteiger partial charge >= 0.3 is 0 Å². The van der Waals surface area contributed by atoms with E-state index in [2.05, 4.69) is 5.32 Å². The van der Waals surface area contributed by atoms with E-state index in [-0.39, 0.29) is 11.8 Å². The van der Waals surface area contributed by atoms with Gasteiger partial charge in [-0.25, -0.2) is 0 Å². The van der Waals surface area contributed by atoms with Crippen LogP contribution in [0.3, 0.4) is 0 Å². The number of amides is 2. The highest BCUT2D eigenvalue weighted by Crippen LogP contribution is 2.29. The van der Waals surface area contributed by atoms with Crippen LogP contribution < -0.4 is 10.2 Å². The lowest BCUT2D eigenvalue weighted by Gasteiger charge is -2.26. The lowest BCUT2D eigenvalue weighted by molar-refractivity contribution is -0.116. The van der Waals surface area contributed by atoms with Gasteiger partial charge in [-0.3, -0.25) is 9.59 Å². The number of benzene rings is 2. The number of nitrogens with one attached hydrogen (secondary N) is 1. The van der Waals surface area contributed by atoms with Crippen molar-refractivity contribution in [1.29, 1.82) is 0 Å². The summed E-state index contributed by atoms with van der Waals surface area (Å²) < 4.78 is 4.95. The summed E-state index contributed by atoms with van der Waals surface area (Å²) in [7, 11) is 1.60. The van der Waals surface area contributed by atoms with Crippen LogP contribution in [-0.2, 0) is 16.1 Å². The normalized spacial score (nSPS) is 13.8. The van der Waals surface area contributed by atoms with Crippen LogP contribution >= 0.6 is 0 Å². The first-order valence-electron chi connectivity index (χ1n) is 8.55. The molecule has 0 bridgehead atoms. The molecule has 5 heteroatoms. The van der Waals surface area contributed by atoms with Gasteiger partial charge in [0.15, 0.2) is 0 Å². The molecule has 26 heavy (non-hydrogen) atoms. The molecule has 134 valence electrons. The van der Waals surface area contributed by atoms with Crippen LogP contribution in [0.5, 0.6) is 0 Å². The van der Waals surface area contributed by atoms with Gasteiger partial charge in [0.1, 0.15) is 0 Å². The van der Waals surface area contributed by atoms with E-state index < -0.39 is 0 Å². The van der Waals surface area contributed by atoms with Gasteiger partial charge < -0.3 is 15.0 Å². The number of para-hydroxylation sites is 1. The molecule has 0 radical (unpaired) electrons. The summed E-state index contributed by atoms with van der Waals surface area (Å²) in [5, 5.41) is 2.82. The van der Waals surface area contributed by atoms with Crippen LogP contribution in [0.1, 0.15) is 34.0 Å². The molecule has 0 fully saturated rings. The topological polar surface area (TPSA) is 58.6 Å². The third kappa shape index (κ3) is 3.83. The largest absolute Gasteiger partial charge is 0.383 e. The number of anilines is 1. The number of fused-ring (bicyclic) bond motifs is 2. The molecule has 0 spiro atoms. The molecule has 5 nitrogen and oxygen atoms in total. The predicted octanol–water partition coefficient (Wildman–Crippen LogP) is 3.10. The lowest BCUT2D eigenvalue weighted by atomic mass is 9.98. The summed E-state index contributed by atoms with van der Waals surface area (Å²) in [6.07, 6.45) is 3.98. The van der Waals surface area contributed by atoms with Crippen LogP contribution in [-0.4, -0.2) is 32.1 Å². The van der Waals surface area contributed by atoms with E-state index in [1.54, 1.807) is 25.0 Å². The second-order valence-corrected chi connectivity index (χ2v) is 6.16. The fourth-order valence-electron chi connectivity index (χ4n) is 2.99. The molecular weight excluding hydrogens is 328 g/mol. The van der Waals surface area contributed by atoms with Gasteiger partial charge in [0.2, 0.25) is 5.91 Å². The zero-order valence-corrected chi connectivity index (χ0v) is 15.0. The minimum Gasteiger partial charge on any atom is -0.383 e. The smallest absolute Gasteiger partial charge is 0.251 e. The number of carbonyl (C=O) groups is 2. The van der Waals surface area contributed by atoms with Crippen molar-refractivity contribution in [2.45, 2.75) is 13.5 Å². The molecule has 0 aromatic heterocycles. The number of rotatable bonds is 4. The van der Waals surface area contributed by atoms with Gasteiger partial charge in [-0.2, -0.15) is 0 Å². The second kappa shape index (κ2) is 7.97. The monoisotopic (exact) mass is 350 g/mol. The van der Waals surface area contributed by atoms with Crippen molar-refractivity contribution in [3.05, 3.63) is 64.7 Å². The van der Waals surface area contributed by atoms with Gasteiger partial charge in [-0.1, -0.05) is 36.4 Å². The minimum absolute atomic E-state index is 0.0138. The standard InChI is InChI=1S/C21H22N2O3/c1-15(24)23-14-19-10-9-18(21(25)22-11-12-26-2)13-17(19)8-7-16-5-3-4-6-20(16)23/h3-10,13H,11-12,14H2,1-2H3,(H,22,25)/b8-7-. The van der Waals surface area contributed by atoms with Crippen molar-refractivity contribution in [3.63, 3.8) is 0 Å². The Kier molecular flexibility index (Phi) is 5.49. The predicted molar refractivity (Wildman–Crippen MR) is 103 cm³/mol. The van der Waals surface area contributed by atoms with E-state index in [9.17, 15) is 9.59 Å². The molecule has 1 aliphatic rings. The molecule has 1 N–H and O–H groups in total. The molecule has 0 aliphatic carbocycles. The van der Waals surface area contributed by atoms with E-state index in [0.717, 1.165) is 22.4 Å². The van der Waals surface area contributed by atoms with Crippen molar-refractivity contribution < 1.29 is 14.3 Å². The van der Waals surface area contributed by atoms with E-state index >= 15 is 0 Å². The highest BCUT2D eigenvalue weighted by molar-refractivity contribution is 5.97. The zero-order chi connectivity index (χ0) is 18.5. The van der Waals surface area contributed by atoms with Crippen molar-refractivity contribution >= 4 is 29.7 Å². The molecule has 1 heterocycles. The maximum Gasteiger partial charge on any atom is 0.251 e. The van der Waals surface area contributed by atoms with Crippen molar-refractivity contribution in [1.82, 2.24) is 5.32 Å². The summed E-state index contributed by atoms with van der Waals surface area (Å²) in [6.45, 7) is 2.98. The highest BCUT2D eigenvalue weighted by Gasteiger charge is 2.18. The Morgan fingerprint density at radius 3 is 2.65 bits per heavy atom. The van der Waals surface area contributed by atoms with Gasteiger partial charge in [-0.15, -0.1) is 0 Å². The molecule has 2 aromatic carbocycles. The maximum atomic E-state index is 12.3. The molecule has 2 aromatic rings. The number of carbonyl (C=O) groups excluding carboxylic acids is 2. The van der Waals surface area contributed by atoms with Crippen LogP contribution in [0.2, 0.25) is 0 Å². The van der Waals surface area contributed by atoms with Crippen molar-refractivity contribution in [3.8, 4) is 0 Å². The van der Waals surface area contributed by atoms with E-state index in [0.29, 0.717) is 25.3 Å². The number of ether oxygens (including phenoxy) is 1. The number of hydrogen-bond acceptors (Lipinski definition) is 3. The average molecular weight is 350 g/mol. The summed E-state index contributed by atoms with van der Waals surface area (Å²) in [5.74, 6) is -0.149. The SMILES string of the molecule is COCCNC(=O)c1ccc2c(c1)/C=C\c1ccccc1N(C(C)=O)C2. The molecule has 0 saturated heterocycles. The Hall–Kier alpha value is -2.92. The Bertz CT molecular complexity index is 858. The Balaban J connectivity index is 1.95. The summed E-state index contributed by atoms with van der Waals surface area (Å²) in [5.41, 5.74) is 4.39.